The molecule has 3 amide bonds. The molecule has 0 aromatic heterocycles. The number of benzene rings is 1. The van der Waals surface area contributed by atoms with E-state index in [-0.39, 0.29) is 18.6 Å². The Labute approximate surface area is 195 Å². The number of aliphatic hydroxyl groups excluding tert-OH is 1. The van der Waals surface area contributed by atoms with Crippen molar-refractivity contribution in [3.8, 4) is 5.75 Å². The number of aromatic hydroxyl groups is 1. The fourth-order valence-electron chi connectivity index (χ4n) is 2.77. The number of carboxylic acids is 2. The fourth-order valence-corrected chi connectivity index (χ4v) is 2.77. The summed E-state index contributed by atoms with van der Waals surface area (Å²) in [5.41, 5.74) is 6.17. The van der Waals surface area contributed by atoms with E-state index in [9.17, 15) is 39.3 Å². The van der Waals surface area contributed by atoms with E-state index in [0.717, 1.165) is 0 Å². The average Bonchev–Trinajstić information content (AvgIpc) is 2.76. The molecule has 1 aromatic carbocycles. The van der Waals surface area contributed by atoms with Gasteiger partial charge in [-0.1, -0.05) is 12.1 Å². The maximum absolute atomic E-state index is 12.8. The molecule has 0 saturated carbocycles. The molecule has 188 valence electrons. The number of carbonyl (C=O) groups excluding carboxylic acids is 3. The van der Waals surface area contributed by atoms with Crippen molar-refractivity contribution < 1.29 is 44.4 Å². The van der Waals surface area contributed by atoms with Crippen LogP contribution in [0.15, 0.2) is 24.3 Å². The normalized spacial score (nSPS) is 15.2. The maximum Gasteiger partial charge on any atom is 0.326 e. The molecule has 34 heavy (non-hydrogen) atoms. The van der Waals surface area contributed by atoms with Crippen LogP contribution in [0.4, 0.5) is 0 Å². The lowest BCUT2D eigenvalue weighted by Crippen LogP contribution is -2.58. The first-order valence-corrected chi connectivity index (χ1v) is 10.4. The summed E-state index contributed by atoms with van der Waals surface area (Å²) in [6.45, 7) is 2.58. The SMILES string of the molecule is CC(NC(=O)C(Cc1ccc(O)cc1)NC(=O)C(N)C(C)O)C(=O)NC(CCC(=O)O)C(=O)O. The number of aliphatic carboxylic acids is 2. The van der Waals surface area contributed by atoms with Gasteiger partial charge in [0.25, 0.3) is 0 Å². The lowest BCUT2D eigenvalue weighted by atomic mass is 10.0. The minimum Gasteiger partial charge on any atom is -0.508 e. The zero-order chi connectivity index (χ0) is 26.0. The lowest BCUT2D eigenvalue weighted by Gasteiger charge is -2.24. The largest absolute Gasteiger partial charge is 0.508 e. The van der Waals surface area contributed by atoms with Crippen LogP contribution in [0.25, 0.3) is 0 Å². The van der Waals surface area contributed by atoms with Crippen LogP contribution in [-0.4, -0.2) is 80.4 Å². The molecule has 9 N–H and O–H groups in total. The van der Waals surface area contributed by atoms with Crippen LogP contribution in [0.2, 0.25) is 0 Å². The molecule has 0 heterocycles. The van der Waals surface area contributed by atoms with Crippen molar-refractivity contribution in [2.24, 2.45) is 5.73 Å². The second-order valence-electron chi connectivity index (χ2n) is 7.76. The summed E-state index contributed by atoms with van der Waals surface area (Å²) in [5.74, 6) is -5.15. The van der Waals surface area contributed by atoms with Crippen LogP contribution in [0.5, 0.6) is 5.75 Å². The Morgan fingerprint density at radius 3 is 1.94 bits per heavy atom. The third kappa shape index (κ3) is 9.42. The molecule has 13 nitrogen and oxygen atoms in total. The number of hydrogen-bond donors (Lipinski definition) is 8. The predicted octanol–water partition coefficient (Wildman–Crippen LogP) is -1.93. The summed E-state index contributed by atoms with van der Waals surface area (Å²) in [7, 11) is 0. The molecule has 0 aliphatic heterocycles. The number of carbonyl (C=O) groups is 5. The molecular formula is C21H30N4O9. The van der Waals surface area contributed by atoms with Crippen LogP contribution in [0.1, 0.15) is 32.3 Å². The van der Waals surface area contributed by atoms with Crippen molar-refractivity contribution in [3.63, 3.8) is 0 Å². The molecule has 0 aliphatic rings. The van der Waals surface area contributed by atoms with Gasteiger partial charge in [-0.25, -0.2) is 4.79 Å². The van der Waals surface area contributed by atoms with Gasteiger partial charge in [0.1, 0.15) is 29.9 Å². The smallest absolute Gasteiger partial charge is 0.326 e. The molecule has 5 unspecified atom stereocenters. The first-order valence-electron chi connectivity index (χ1n) is 10.4. The molecule has 5 atom stereocenters. The van der Waals surface area contributed by atoms with Gasteiger partial charge in [-0.15, -0.1) is 0 Å². The Bertz CT molecular complexity index is 889. The highest BCUT2D eigenvalue weighted by molar-refractivity contribution is 5.94. The molecule has 0 aliphatic carbocycles. The molecule has 1 rings (SSSR count). The van der Waals surface area contributed by atoms with Crippen LogP contribution in [0.3, 0.4) is 0 Å². The average molecular weight is 482 g/mol. The molecular weight excluding hydrogens is 452 g/mol. The Balaban J connectivity index is 2.92. The molecule has 13 heteroatoms. The standard InChI is InChI=1S/C21H30N4O9/c1-10(18(30)24-14(21(33)34)7-8-16(28)29)23-19(31)15(25-20(32)17(22)11(2)26)9-12-3-5-13(27)6-4-12/h3-6,10-11,14-15,17,26-27H,7-9,22H2,1-2H3,(H,23,31)(H,24,30)(H,25,32)(H,28,29)(H,33,34). The summed E-state index contributed by atoms with van der Waals surface area (Å²) in [5, 5.41) is 43.8. The van der Waals surface area contributed by atoms with E-state index in [0.29, 0.717) is 5.56 Å². The second kappa shape index (κ2) is 13.1. The Morgan fingerprint density at radius 1 is 0.882 bits per heavy atom. The Morgan fingerprint density at radius 2 is 1.44 bits per heavy atom. The molecule has 0 bridgehead atoms. The van der Waals surface area contributed by atoms with Crippen LogP contribution < -0.4 is 21.7 Å². The zero-order valence-corrected chi connectivity index (χ0v) is 18.7. The Hall–Kier alpha value is -3.71. The van der Waals surface area contributed by atoms with Crippen molar-refractivity contribution in [2.75, 3.05) is 0 Å². The van der Waals surface area contributed by atoms with E-state index in [1.54, 1.807) is 0 Å². The van der Waals surface area contributed by atoms with Crippen molar-refractivity contribution in [1.82, 2.24) is 16.0 Å². The quantitative estimate of drug-likeness (QED) is 0.155. The minimum absolute atomic E-state index is 0.00825. The van der Waals surface area contributed by atoms with E-state index in [2.05, 4.69) is 16.0 Å². The zero-order valence-electron chi connectivity index (χ0n) is 18.7. The summed E-state index contributed by atoms with van der Waals surface area (Å²) >= 11 is 0. The number of aliphatic hydroxyl groups is 1. The molecule has 0 fully saturated rings. The van der Waals surface area contributed by atoms with Gasteiger partial charge < -0.3 is 42.1 Å². The van der Waals surface area contributed by atoms with E-state index in [4.69, 9.17) is 10.8 Å². The number of rotatable bonds is 13. The highest BCUT2D eigenvalue weighted by Crippen LogP contribution is 2.12. The highest BCUT2D eigenvalue weighted by Gasteiger charge is 2.29. The molecule has 0 saturated heterocycles. The number of carboxylic acid groups (broad SMARTS) is 2. The van der Waals surface area contributed by atoms with Crippen LogP contribution in [-0.2, 0) is 30.4 Å². The van der Waals surface area contributed by atoms with E-state index in [1.165, 1.54) is 38.1 Å². The number of nitrogens with two attached hydrogens (primary N) is 1. The fraction of sp³-hybridized carbons (Fsp3) is 0.476. The predicted molar refractivity (Wildman–Crippen MR) is 117 cm³/mol. The van der Waals surface area contributed by atoms with Crippen LogP contribution >= 0.6 is 0 Å². The van der Waals surface area contributed by atoms with Gasteiger partial charge in [0, 0.05) is 12.8 Å². The minimum atomic E-state index is -1.47. The van der Waals surface area contributed by atoms with Gasteiger partial charge in [0.05, 0.1) is 6.10 Å². The van der Waals surface area contributed by atoms with E-state index >= 15 is 0 Å². The number of nitrogens with one attached hydrogen (secondary N) is 3. The highest BCUT2D eigenvalue weighted by atomic mass is 16.4. The summed E-state index contributed by atoms with van der Waals surface area (Å²) in [6.07, 6.45) is -2.08. The van der Waals surface area contributed by atoms with Crippen LogP contribution in [0, 0.1) is 0 Å². The Kier molecular flexibility index (Phi) is 10.9. The van der Waals surface area contributed by atoms with Gasteiger partial charge in [0.15, 0.2) is 0 Å². The van der Waals surface area contributed by atoms with Gasteiger partial charge in [0.2, 0.25) is 17.7 Å². The molecule has 1 aromatic rings. The first-order chi connectivity index (χ1) is 15.8. The van der Waals surface area contributed by atoms with Gasteiger partial charge in [-0.05, 0) is 38.0 Å². The summed E-state index contributed by atoms with van der Waals surface area (Å²) in [6, 6.07) is 0.558. The summed E-state index contributed by atoms with van der Waals surface area (Å²) < 4.78 is 0. The lowest BCUT2D eigenvalue weighted by molar-refractivity contribution is -0.143. The molecule has 0 radical (unpaired) electrons. The van der Waals surface area contributed by atoms with Gasteiger partial charge in [-0.2, -0.15) is 0 Å². The topological polar surface area (TPSA) is 228 Å². The van der Waals surface area contributed by atoms with E-state index < -0.39 is 66.4 Å². The summed E-state index contributed by atoms with van der Waals surface area (Å²) in [4.78, 5) is 59.5. The van der Waals surface area contributed by atoms with Crippen molar-refractivity contribution in [1.29, 1.82) is 0 Å². The number of amides is 3. The van der Waals surface area contributed by atoms with Crippen molar-refractivity contribution in [2.45, 2.75) is 63.4 Å². The van der Waals surface area contributed by atoms with E-state index in [1.807, 2.05) is 0 Å². The number of phenols is 1. The van der Waals surface area contributed by atoms with Crippen molar-refractivity contribution >= 4 is 29.7 Å². The molecule has 0 spiro atoms. The number of phenolic OH excluding ortho intramolecular Hbond substituents is 1. The second-order valence-corrected chi connectivity index (χ2v) is 7.76. The maximum atomic E-state index is 12.8. The third-order valence-electron chi connectivity index (χ3n) is 4.85. The monoisotopic (exact) mass is 482 g/mol. The van der Waals surface area contributed by atoms with Gasteiger partial charge >= 0.3 is 11.9 Å². The van der Waals surface area contributed by atoms with Crippen molar-refractivity contribution in [3.05, 3.63) is 29.8 Å². The van der Waals surface area contributed by atoms with Gasteiger partial charge in [-0.3, -0.25) is 19.2 Å². The first kappa shape index (κ1) is 28.3. The third-order valence-corrected chi connectivity index (χ3v) is 4.85. The number of hydrogen-bond acceptors (Lipinski definition) is 8.